The minimum atomic E-state index is 0.283. The SMILES string of the molecule is CC1(C)CC2CC(C)(CN2c2ncnc(N(CCC#N)CCC#N)c2N)C1. The summed E-state index contributed by atoms with van der Waals surface area (Å²) in [5.74, 6) is 1.43. The minimum Gasteiger partial charge on any atom is -0.393 e. The van der Waals surface area contributed by atoms with Crippen LogP contribution in [-0.4, -0.2) is 35.6 Å². The molecular weight excluding hydrogens is 338 g/mol. The quantitative estimate of drug-likeness (QED) is 0.823. The molecule has 1 aliphatic carbocycles. The first-order valence-electron chi connectivity index (χ1n) is 9.64. The lowest BCUT2D eigenvalue weighted by atomic mass is 9.65. The standard InChI is InChI=1S/C20H29N7/c1-19(2)10-15-11-20(3,12-19)13-27(15)18-16(23)17(24-14-25-18)26(8-4-6-21)9-5-7-22/h14-15H,4-5,8-13,23H2,1-3H3. The first kappa shape index (κ1) is 19.2. The number of fused-ring (bicyclic) bond motifs is 2. The molecule has 2 aliphatic rings. The number of nitriles is 2. The Morgan fingerprint density at radius 1 is 1.19 bits per heavy atom. The smallest absolute Gasteiger partial charge is 0.157 e. The van der Waals surface area contributed by atoms with E-state index in [2.05, 4.69) is 47.8 Å². The minimum absolute atomic E-state index is 0.283. The van der Waals surface area contributed by atoms with Crippen LogP contribution in [0.15, 0.2) is 6.33 Å². The molecular formula is C20H29N7. The highest BCUT2D eigenvalue weighted by Gasteiger charge is 2.50. The van der Waals surface area contributed by atoms with E-state index < -0.39 is 0 Å². The van der Waals surface area contributed by atoms with Crippen molar-refractivity contribution in [3.63, 3.8) is 0 Å². The number of rotatable bonds is 6. The Morgan fingerprint density at radius 2 is 1.85 bits per heavy atom. The number of nitrogens with two attached hydrogens (primary N) is 1. The number of aromatic nitrogens is 2. The fraction of sp³-hybridized carbons (Fsp3) is 0.700. The highest BCUT2D eigenvalue weighted by Crippen LogP contribution is 2.54. The molecule has 2 N–H and O–H groups in total. The van der Waals surface area contributed by atoms with Crippen LogP contribution in [-0.2, 0) is 0 Å². The van der Waals surface area contributed by atoms with E-state index in [1.165, 1.54) is 12.8 Å². The van der Waals surface area contributed by atoms with Gasteiger partial charge in [0.2, 0.25) is 0 Å². The van der Waals surface area contributed by atoms with Crippen molar-refractivity contribution in [2.24, 2.45) is 10.8 Å². The molecule has 0 aromatic carbocycles. The molecule has 1 aromatic heterocycles. The highest BCUT2D eigenvalue weighted by molar-refractivity contribution is 5.76. The van der Waals surface area contributed by atoms with Gasteiger partial charge in [-0.3, -0.25) is 0 Å². The monoisotopic (exact) mass is 367 g/mol. The number of hydrogen-bond donors (Lipinski definition) is 1. The van der Waals surface area contributed by atoms with Gasteiger partial charge in [-0.25, -0.2) is 9.97 Å². The highest BCUT2D eigenvalue weighted by atomic mass is 15.3. The van der Waals surface area contributed by atoms with Crippen molar-refractivity contribution in [3.8, 4) is 12.1 Å². The topological polar surface area (TPSA) is 106 Å². The molecule has 1 saturated carbocycles. The average molecular weight is 368 g/mol. The third-order valence-corrected chi connectivity index (χ3v) is 5.82. The van der Waals surface area contributed by atoms with Crippen molar-refractivity contribution in [3.05, 3.63) is 6.33 Å². The lowest BCUT2D eigenvalue weighted by Gasteiger charge is -2.39. The van der Waals surface area contributed by atoms with Crippen molar-refractivity contribution in [1.82, 2.24) is 9.97 Å². The molecule has 0 amide bonds. The normalized spacial score (nSPS) is 25.7. The van der Waals surface area contributed by atoms with E-state index in [0.29, 0.717) is 48.9 Å². The van der Waals surface area contributed by atoms with Gasteiger partial charge in [0.25, 0.3) is 0 Å². The maximum atomic E-state index is 8.95. The average Bonchev–Trinajstić information content (AvgIpc) is 2.84. The Morgan fingerprint density at radius 3 is 2.48 bits per heavy atom. The van der Waals surface area contributed by atoms with E-state index in [1.807, 2.05) is 4.90 Å². The Labute approximate surface area is 161 Å². The molecule has 2 unspecified atom stereocenters. The van der Waals surface area contributed by atoms with Gasteiger partial charge in [-0.2, -0.15) is 10.5 Å². The largest absolute Gasteiger partial charge is 0.393 e. The third-order valence-electron chi connectivity index (χ3n) is 5.82. The molecule has 0 spiro atoms. The van der Waals surface area contributed by atoms with Gasteiger partial charge >= 0.3 is 0 Å². The van der Waals surface area contributed by atoms with Crippen molar-refractivity contribution in [2.75, 3.05) is 35.2 Å². The molecule has 2 bridgehead atoms. The number of hydrogen-bond acceptors (Lipinski definition) is 7. The molecule has 7 nitrogen and oxygen atoms in total. The second kappa shape index (κ2) is 7.23. The molecule has 1 aliphatic heterocycles. The lowest BCUT2D eigenvalue weighted by molar-refractivity contribution is 0.136. The van der Waals surface area contributed by atoms with E-state index in [1.54, 1.807) is 6.33 Å². The van der Waals surface area contributed by atoms with Crippen LogP contribution in [0.4, 0.5) is 17.3 Å². The molecule has 2 heterocycles. The zero-order chi connectivity index (χ0) is 19.7. The van der Waals surface area contributed by atoms with Crippen LogP contribution in [0.5, 0.6) is 0 Å². The zero-order valence-electron chi connectivity index (χ0n) is 16.6. The van der Waals surface area contributed by atoms with E-state index in [9.17, 15) is 0 Å². The van der Waals surface area contributed by atoms with Crippen molar-refractivity contribution in [1.29, 1.82) is 10.5 Å². The summed E-state index contributed by atoms with van der Waals surface area (Å²) < 4.78 is 0. The van der Waals surface area contributed by atoms with Crippen LogP contribution in [0.2, 0.25) is 0 Å². The van der Waals surface area contributed by atoms with Crippen LogP contribution in [0, 0.1) is 33.5 Å². The van der Waals surface area contributed by atoms with Crippen LogP contribution in [0.25, 0.3) is 0 Å². The summed E-state index contributed by atoms with van der Waals surface area (Å²) >= 11 is 0. The second-order valence-electron chi connectivity index (χ2n) is 9.08. The van der Waals surface area contributed by atoms with Crippen molar-refractivity contribution >= 4 is 17.3 Å². The Kier molecular flexibility index (Phi) is 5.15. The predicted octanol–water partition coefficient (Wildman–Crippen LogP) is 3.10. The first-order valence-corrected chi connectivity index (χ1v) is 9.64. The molecule has 3 rings (SSSR count). The van der Waals surface area contributed by atoms with E-state index in [0.717, 1.165) is 18.8 Å². The van der Waals surface area contributed by atoms with Crippen molar-refractivity contribution < 1.29 is 0 Å². The molecule has 2 atom stereocenters. The molecule has 1 aromatic rings. The summed E-state index contributed by atoms with van der Waals surface area (Å²) in [4.78, 5) is 13.2. The molecule has 1 saturated heterocycles. The Balaban J connectivity index is 1.91. The second-order valence-corrected chi connectivity index (χ2v) is 9.08. The van der Waals surface area contributed by atoms with Gasteiger partial charge in [0.05, 0.1) is 25.0 Å². The van der Waals surface area contributed by atoms with Gasteiger partial charge in [0.1, 0.15) is 12.0 Å². The van der Waals surface area contributed by atoms with Gasteiger partial charge in [-0.1, -0.05) is 20.8 Å². The molecule has 0 radical (unpaired) electrons. The van der Waals surface area contributed by atoms with Crippen LogP contribution >= 0.6 is 0 Å². The first-order chi connectivity index (χ1) is 12.8. The number of nitrogen functional groups attached to an aromatic ring is 1. The predicted molar refractivity (Wildman–Crippen MR) is 106 cm³/mol. The van der Waals surface area contributed by atoms with Crippen LogP contribution in [0.3, 0.4) is 0 Å². The Bertz CT molecular complexity index is 758. The summed E-state index contributed by atoms with van der Waals surface area (Å²) in [7, 11) is 0. The summed E-state index contributed by atoms with van der Waals surface area (Å²) in [6.45, 7) is 9.03. The Hall–Kier alpha value is -2.54. The van der Waals surface area contributed by atoms with Gasteiger partial charge in [0, 0.05) is 25.7 Å². The van der Waals surface area contributed by atoms with Gasteiger partial charge < -0.3 is 15.5 Å². The third kappa shape index (κ3) is 3.93. The lowest BCUT2D eigenvalue weighted by Crippen LogP contribution is -2.35. The number of anilines is 3. The number of nitrogens with zero attached hydrogens (tertiary/aromatic N) is 6. The van der Waals surface area contributed by atoms with Gasteiger partial charge in [0.15, 0.2) is 11.6 Å². The van der Waals surface area contributed by atoms with Gasteiger partial charge in [-0.15, -0.1) is 0 Å². The molecule has 144 valence electrons. The molecule has 7 heteroatoms. The van der Waals surface area contributed by atoms with Crippen LogP contribution < -0.4 is 15.5 Å². The summed E-state index contributed by atoms with van der Waals surface area (Å²) in [5.41, 5.74) is 7.69. The van der Waals surface area contributed by atoms with E-state index in [4.69, 9.17) is 16.3 Å². The fourth-order valence-electron chi connectivity index (χ4n) is 5.26. The maximum Gasteiger partial charge on any atom is 0.157 e. The van der Waals surface area contributed by atoms with E-state index in [-0.39, 0.29) is 5.41 Å². The fourth-order valence-corrected chi connectivity index (χ4v) is 5.26. The van der Waals surface area contributed by atoms with Crippen molar-refractivity contribution in [2.45, 2.75) is 58.9 Å². The zero-order valence-corrected chi connectivity index (χ0v) is 16.6. The van der Waals surface area contributed by atoms with Gasteiger partial charge in [-0.05, 0) is 30.1 Å². The molecule has 27 heavy (non-hydrogen) atoms. The molecule has 2 fully saturated rings. The van der Waals surface area contributed by atoms with E-state index >= 15 is 0 Å². The maximum absolute atomic E-state index is 8.95. The van der Waals surface area contributed by atoms with Crippen LogP contribution in [0.1, 0.15) is 52.9 Å². The summed E-state index contributed by atoms with van der Waals surface area (Å²) in [5, 5.41) is 17.9. The summed E-state index contributed by atoms with van der Waals surface area (Å²) in [6, 6.07) is 4.76. The summed E-state index contributed by atoms with van der Waals surface area (Å²) in [6.07, 6.45) is 5.80.